The van der Waals surface area contributed by atoms with Crippen molar-refractivity contribution in [2.24, 2.45) is 0 Å². The van der Waals surface area contributed by atoms with Crippen LogP contribution in [-0.2, 0) is 17.5 Å². The van der Waals surface area contributed by atoms with Crippen LogP contribution in [0.4, 0.5) is 13.2 Å². The summed E-state index contributed by atoms with van der Waals surface area (Å²) in [6.45, 7) is 0.305. The molecule has 0 aliphatic rings. The molecule has 1 N–H and O–H groups in total. The van der Waals surface area contributed by atoms with E-state index in [4.69, 9.17) is 0 Å². The Morgan fingerprint density at radius 2 is 2.05 bits per heavy atom. The lowest BCUT2D eigenvalue weighted by Gasteiger charge is -2.06. The molecule has 0 spiro atoms. The minimum atomic E-state index is -4.40. The molecule has 1 aromatic carbocycles. The lowest BCUT2D eigenvalue weighted by Crippen LogP contribution is -2.20. The monoisotopic (exact) mass is 306 g/mol. The van der Waals surface area contributed by atoms with Crippen LogP contribution in [0.15, 0.2) is 54.9 Å². The van der Waals surface area contributed by atoms with Gasteiger partial charge in [0.1, 0.15) is 0 Å². The second-order valence-electron chi connectivity index (χ2n) is 4.54. The molecule has 0 atom stereocenters. The first-order valence-corrected chi connectivity index (χ1v) is 6.47. The van der Waals surface area contributed by atoms with Gasteiger partial charge in [0.25, 0.3) is 0 Å². The summed E-state index contributed by atoms with van der Waals surface area (Å²) in [6, 6.07) is 8.34. The second-order valence-corrected chi connectivity index (χ2v) is 4.54. The summed E-state index contributed by atoms with van der Waals surface area (Å²) >= 11 is 0. The minimum Gasteiger partial charge on any atom is -0.348 e. The molecule has 3 nitrogen and oxygen atoms in total. The lowest BCUT2D eigenvalue weighted by atomic mass is 10.1. The Kier molecular flexibility index (Phi) is 4.93. The van der Waals surface area contributed by atoms with E-state index in [-0.39, 0.29) is 5.91 Å². The molecule has 0 saturated carbocycles. The molecule has 0 unspecified atom stereocenters. The first-order chi connectivity index (χ1) is 10.4. The minimum absolute atomic E-state index is 0.305. The highest BCUT2D eigenvalue weighted by molar-refractivity contribution is 5.91. The van der Waals surface area contributed by atoms with E-state index >= 15 is 0 Å². The third-order valence-corrected chi connectivity index (χ3v) is 2.83. The summed E-state index contributed by atoms with van der Waals surface area (Å²) in [6.07, 6.45) is 1.39. The fourth-order valence-corrected chi connectivity index (χ4v) is 1.74. The van der Waals surface area contributed by atoms with Crippen molar-refractivity contribution < 1.29 is 18.0 Å². The van der Waals surface area contributed by atoms with Gasteiger partial charge in [-0.1, -0.05) is 18.2 Å². The molecule has 1 aromatic heterocycles. The van der Waals surface area contributed by atoms with Crippen LogP contribution in [0.3, 0.4) is 0 Å². The topological polar surface area (TPSA) is 42.0 Å². The number of carbonyl (C=O) groups is 1. The van der Waals surface area contributed by atoms with Crippen LogP contribution in [0.1, 0.15) is 16.7 Å². The van der Waals surface area contributed by atoms with Crippen molar-refractivity contribution in [1.29, 1.82) is 0 Å². The van der Waals surface area contributed by atoms with E-state index in [0.29, 0.717) is 12.1 Å². The van der Waals surface area contributed by atoms with Gasteiger partial charge in [0.15, 0.2) is 0 Å². The number of aromatic nitrogens is 1. The number of hydrogen-bond acceptors (Lipinski definition) is 2. The number of halogens is 3. The second kappa shape index (κ2) is 6.89. The summed E-state index contributed by atoms with van der Waals surface area (Å²) < 4.78 is 37.7. The standard InChI is InChI=1S/C16H13F3N2O/c17-16(18,19)14-5-1-3-12(9-14)6-7-15(22)21-11-13-4-2-8-20-10-13/h1-10H,11H2,(H,21,22)/b7-6-. The first-order valence-electron chi connectivity index (χ1n) is 6.47. The van der Waals surface area contributed by atoms with E-state index in [2.05, 4.69) is 10.3 Å². The van der Waals surface area contributed by atoms with Crippen molar-refractivity contribution >= 4 is 12.0 Å². The Balaban J connectivity index is 1.95. The van der Waals surface area contributed by atoms with Gasteiger partial charge in [-0.15, -0.1) is 0 Å². The third kappa shape index (κ3) is 4.73. The Labute approximate surface area is 125 Å². The molecule has 1 amide bonds. The Morgan fingerprint density at radius 3 is 2.73 bits per heavy atom. The van der Waals surface area contributed by atoms with Crippen molar-refractivity contribution in [3.05, 3.63) is 71.6 Å². The van der Waals surface area contributed by atoms with Crippen molar-refractivity contribution in [3.63, 3.8) is 0 Å². The molecule has 6 heteroatoms. The molecule has 2 aromatic rings. The first kappa shape index (κ1) is 15.8. The highest BCUT2D eigenvalue weighted by Gasteiger charge is 2.30. The van der Waals surface area contributed by atoms with Crippen LogP contribution < -0.4 is 5.32 Å². The predicted octanol–water partition coefficient (Wildman–Crippen LogP) is 3.43. The van der Waals surface area contributed by atoms with Gasteiger partial charge in [-0.05, 0) is 35.4 Å². The molecule has 1 heterocycles. The summed E-state index contributed by atoms with van der Waals surface area (Å²) in [5.74, 6) is -0.388. The van der Waals surface area contributed by atoms with Gasteiger partial charge in [-0.25, -0.2) is 0 Å². The summed E-state index contributed by atoms with van der Waals surface area (Å²) in [7, 11) is 0. The smallest absolute Gasteiger partial charge is 0.348 e. The van der Waals surface area contributed by atoms with Crippen LogP contribution in [0.2, 0.25) is 0 Å². The molecule has 22 heavy (non-hydrogen) atoms. The molecule has 0 radical (unpaired) electrons. The number of benzene rings is 1. The van der Waals surface area contributed by atoms with E-state index < -0.39 is 11.7 Å². The number of amides is 1. The predicted molar refractivity (Wildman–Crippen MR) is 76.6 cm³/mol. The van der Waals surface area contributed by atoms with Gasteiger partial charge in [-0.3, -0.25) is 9.78 Å². The maximum absolute atomic E-state index is 12.6. The van der Waals surface area contributed by atoms with E-state index in [9.17, 15) is 18.0 Å². The number of alkyl halides is 3. The average Bonchev–Trinajstić information content (AvgIpc) is 2.51. The zero-order valence-electron chi connectivity index (χ0n) is 11.5. The van der Waals surface area contributed by atoms with E-state index in [1.165, 1.54) is 24.3 Å². The Hall–Kier alpha value is -2.63. The zero-order valence-corrected chi connectivity index (χ0v) is 11.5. The normalized spacial score (nSPS) is 11.6. The maximum atomic E-state index is 12.6. The fourth-order valence-electron chi connectivity index (χ4n) is 1.74. The highest BCUT2D eigenvalue weighted by atomic mass is 19.4. The van der Waals surface area contributed by atoms with Crippen molar-refractivity contribution in [1.82, 2.24) is 10.3 Å². The number of rotatable bonds is 4. The van der Waals surface area contributed by atoms with Gasteiger partial charge in [0.2, 0.25) is 5.91 Å². The molecule has 0 bridgehead atoms. The SMILES string of the molecule is O=C(/C=C\c1cccc(C(F)(F)F)c1)NCc1cccnc1. The Bertz CT molecular complexity index is 667. The summed E-state index contributed by atoms with van der Waals surface area (Å²) in [4.78, 5) is 15.5. The molecule has 0 aliphatic heterocycles. The van der Waals surface area contributed by atoms with E-state index in [0.717, 1.165) is 17.7 Å². The molecule has 0 aliphatic carbocycles. The van der Waals surface area contributed by atoms with Crippen LogP contribution >= 0.6 is 0 Å². The van der Waals surface area contributed by atoms with Crippen LogP contribution in [0.25, 0.3) is 6.08 Å². The molecular weight excluding hydrogens is 293 g/mol. The highest BCUT2D eigenvalue weighted by Crippen LogP contribution is 2.29. The van der Waals surface area contributed by atoms with Crippen LogP contribution in [0.5, 0.6) is 0 Å². The summed E-state index contributed by atoms with van der Waals surface area (Å²) in [5, 5.41) is 2.63. The number of nitrogens with zero attached hydrogens (tertiary/aromatic N) is 1. The van der Waals surface area contributed by atoms with Crippen LogP contribution in [0, 0.1) is 0 Å². The number of carbonyl (C=O) groups excluding carboxylic acids is 1. The van der Waals surface area contributed by atoms with Gasteiger partial charge in [0, 0.05) is 25.0 Å². The van der Waals surface area contributed by atoms with Crippen molar-refractivity contribution in [2.45, 2.75) is 12.7 Å². The molecule has 0 fully saturated rings. The summed E-state index contributed by atoms with van der Waals surface area (Å²) in [5.41, 5.74) is 0.403. The van der Waals surface area contributed by atoms with Gasteiger partial charge in [0.05, 0.1) is 5.56 Å². The van der Waals surface area contributed by atoms with Crippen molar-refractivity contribution in [2.75, 3.05) is 0 Å². The third-order valence-electron chi connectivity index (χ3n) is 2.83. The number of hydrogen-bond donors (Lipinski definition) is 1. The maximum Gasteiger partial charge on any atom is 0.416 e. The number of pyridine rings is 1. The van der Waals surface area contributed by atoms with Gasteiger partial charge < -0.3 is 5.32 Å². The Morgan fingerprint density at radius 1 is 1.23 bits per heavy atom. The molecular formula is C16H13F3N2O. The fraction of sp³-hybridized carbons (Fsp3) is 0.125. The quantitative estimate of drug-likeness (QED) is 0.879. The van der Waals surface area contributed by atoms with Crippen molar-refractivity contribution in [3.8, 4) is 0 Å². The molecule has 0 saturated heterocycles. The van der Waals surface area contributed by atoms with Crippen LogP contribution in [-0.4, -0.2) is 10.9 Å². The number of nitrogens with one attached hydrogen (secondary N) is 1. The molecule has 114 valence electrons. The average molecular weight is 306 g/mol. The molecule has 2 rings (SSSR count). The lowest BCUT2D eigenvalue weighted by molar-refractivity contribution is -0.137. The van der Waals surface area contributed by atoms with Gasteiger partial charge >= 0.3 is 6.18 Å². The van der Waals surface area contributed by atoms with Gasteiger partial charge in [-0.2, -0.15) is 13.2 Å². The van der Waals surface area contributed by atoms with E-state index in [1.807, 2.05) is 6.07 Å². The van der Waals surface area contributed by atoms with E-state index in [1.54, 1.807) is 18.5 Å². The zero-order chi connectivity index (χ0) is 16.0. The largest absolute Gasteiger partial charge is 0.416 e.